The van der Waals surface area contributed by atoms with Gasteiger partial charge < -0.3 is 15.3 Å². The molecule has 140 valence electrons. The molecule has 4 nitrogen and oxygen atoms in total. The van der Waals surface area contributed by atoms with Gasteiger partial charge in [-0.3, -0.25) is 4.90 Å². The van der Waals surface area contributed by atoms with Crippen LogP contribution in [0.4, 0.5) is 0 Å². The van der Waals surface area contributed by atoms with Gasteiger partial charge in [0, 0.05) is 19.1 Å². The summed E-state index contributed by atoms with van der Waals surface area (Å²) in [5, 5.41) is 30.9. The van der Waals surface area contributed by atoms with Crippen LogP contribution in [0.5, 0.6) is 5.75 Å². The first-order valence-electron chi connectivity index (χ1n) is 9.44. The SMILES string of the molecule is C[C@@H]([C@@H](O)c1ccc(O)cc1)N1CCC(O)(CCc2ccccc2)CC1. The van der Waals surface area contributed by atoms with Crippen LogP contribution in [0, 0.1) is 0 Å². The minimum Gasteiger partial charge on any atom is -0.508 e. The topological polar surface area (TPSA) is 63.9 Å². The maximum absolute atomic E-state index is 10.9. The Kier molecular flexibility index (Phi) is 5.97. The molecular formula is C22H29NO3. The van der Waals surface area contributed by atoms with Crippen molar-refractivity contribution < 1.29 is 15.3 Å². The van der Waals surface area contributed by atoms with Crippen molar-refractivity contribution in [3.8, 4) is 5.75 Å². The van der Waals surface area contributed by atoms with E-state index >= 15 is 0 Å². The summed E-state index contributed by atoms with van der Waals surface area (Å²) in [5.41, 5.74) is 1.45. The van der Waals surface area contributed by atoms with Gasteiger partial charge in [-0.1, -0.05) is 42.5 Å². The highest BCUT2D eigenvalue weighted by Crippen LogP contribution is 2.31. The minimum absolute atomic E-state index is 0.0294. The fourth-order valence-electron chi connectivity index (χ4n) is 3.77. The molecule has 2 aromatic rings. The van der Waals surface area contributed by atoms with Gasteiger partial charge in [0.2, 0.25) is 0 Å². The van der Waals surface area contributed by atoms with Crippen molar-refractivity contribution in [2.24, 2.45) is 0 Å². The number of aliphatic hydroxyl groups excluding tert-OH is 1. The first-order chi connectivity index (χ1) is 12.5. The monoisotopic (exact) mass is 355 g/mol. The molecule has 4 heteroatoms. The number of hydrogen-bond donors (Lipinski definition) is 3. The highest BCUT2D eigenvalue weighted by molar-refractivity contribution is 5.28. The third-order valence-electron chi connectivity index (χ3n) is 5.72. The molecule has 0 aromatic heterocycles. The number of phenols is 1. The van der Waals surface area contributed by atoms with E-state index in [2.05, 4.69) is 17.0 Å². The molecule has 3 rings (SSSR count). The second-order valence-corrected chi connectivity index (χ2v) is 7.52. The van der Waals surface area contributed by atoms with Crippen LogP contribution in [0.3, 0.4) is 0 Å². The Labute approximate surface area is 155 Å². The van der Waals surface area contributed by atoms with Crippen LogP contribution in [-0.2, 0) is 6.42 Å². The zero-order valence-corrected chi connectivity index (χ0v) is 15.4. The van der Waals surface area contributed by atoms with Gasteiger partial charge in [-0.2, -0.15) is 0 Å². The lowest BCUT2D eigenvalue weighted by Gasteiger charge is -2.42. The number of likely N-dealkylation sites (tertiary alicyclic amines) is 1. The third kappa shape index (κ3) is 4.64. The van der Waals surface area contributed by atoms with Gasteiger partial charge in [0.15, 0.2) is 0 Å². The smallest absolute Gasteiger partial charge is 0.115 e. The second-order valence-electron chi connectivity index (χ2n) is 7.52. The van der Waals surface area contributed by atoms with E-state index in [0.29, 0.717) is 0 Å². The van der Waals surface area contributed by atoms with E-state index in [0.717, 1.165) is 44.3 Å². The van der Waals surface area contributed by atoms with Crippen molar-refractivity contribution in [3.05, 3.63) is 65.7 Å². The number of benzene rings is 2. The van der Waals surface area contributed by atoms with Gasteiger partial charge in [0.05, 0.1) is 11.7 Å². The zero-order valence-electron chi connectivity index (χ0n) is 15.4. The molecule has 0 amide bonds. The summed E-state index contributed by atoms with van der Waals surface area (Å²) >= 11 is 0. The summed E-state index contributed by atoms with van der Waals surface area (Å²) in [6.45, 7) is 3.58. The largest absolute Gasteiger partial charge is 0.508 e. The normalized spacial score (nSPS) is 19.8. The molecule has 1 aliphatic rings. The Morgan fingerprint density at radius 1 is 1.00 bits per heavy atom. The van der Waals surface area contributed by atoms with Crippen molar-refractivity contribution in [1.29, 1.82) is 0 Å². The summed E-state index contributed by atoms with van der Waals surface area (Å²) in [5.74, 6) is 0.204. The lowest BCUT2D eigenvalue weighted by Crippen LogP contribution is -2.49. The van der Waals surface area contributed by atoms with Crippen LogP contribution in [-0.4, -0.2) is 45.0 Å². The lowest BCUT2D eigenvalue weighted by atomic mass is 9.85. The molecule has 0 aliphatic carbocycles. The zero-order chi connectivity index (χ0) is 18.6. The van der Waals surface area contributed by atoms with E-state index in [4.69, 9.17) is 0 Å². The maximum Gasteiger partial charge on any atom is 0.115 e. The van der Waals surface area contributed by atoms with E-state index in [-0.39, 0.29) is 11.8 Å². The summed E-state index contributed by atoms with van der Waals surface area (Å²) in [6, 6.07) is 17.0. The molecule has 0 spiro atoms. The summed E-state index contributed by atoms with van der Waals surface area (Å²) in [7, 11) is 0. The second kappa shape index (κ2) is 8.21. The van der Waals surface area contributed by atoms with Crippen molar-refractivity contribution in [3.63, 3.8) is 0 Å². The minimum atomic E-state index is -0.616. The molecule has 0 radical (unpaired) electrons. The van der Waals surface area contributed by atoms with Gasteiger partial charge in [-0.05, 0) is 55.9 Å². The van der Waals surface area contributed by atoms with Crippen LogP contribution < -0.4 is 0 Å². The van der Waals surface area contributed by atoms with Crippen LogP contribution in [0.15, 0.2) is 54.6 Å². The molecule has 2 atom stereocenters. The summed E-state index contributed by atoms with van der Waals surface area (Å²) in [6.07, 6.45) is 2.52. The van der Waals surface area contributed by atoms with E-state index in [1.54, 1.807) is 24.3 Å². The molecule has 3 N–H and O–H groups in total. The molecule has 2 aromatic carbocycles. The highest BCUT2D eigenvalue weighted by atomic mass is 16.3. The van der Waals surface area contributed by atoms with Crippen molar-refractivity contribution in [1.82, 2.24) is 4.90 Å². The third-order valence-corrected chi connectivity index (χ3v) is 5.72. The average molecular weight is 355 g/mol. The molecule has 1 fully saturated rings. The number of piperidine rings is 1. The van der Waals surface area contributed by atoms with Gasteiger partial charge in [-0.25, -0.2) is 0 Å². The van der Waals surface area contributed by atoms with Crippen LogP contribution >= 0.6 is 0 Å². The van der Waals surface area contributed by atoms with Crippen molar-refractivity contribution in [2.45, 2.75) is 50.4 Å². The maximum atomic E-state index is 10.9. The average Bonchev–Trinajstić information content (AvgIpc) is 2.67. The molecule has 0 bridgehead atoms. The Balaban J connectivity index is 1.52. The molecule has 0 saturated carbocycles. The highest BCUT2D eigenvalue weighted by Gasteiger charge is 2.35. The Bertz CT molecular complexity index is 678. The molecule has 1 heterocycles. The fraction of sp³-hybridized carbons (Fsp3) is 0.455. The fourth-order valence-corrected chi connectivity index (χ4v) is 3.77. The van der Waals surface area contributed by atoms with Crippen LogP contribution in [0.2, 0.25) is 0 Å². The summed E-state index contributed by atoms with van der Waals surface area (Å²) in [4.78, 5) is 2.24. The van der Waals surface area contributed by atoms with E-state index in [1.165, 1.54) is 5.56 Å². The van der Waals surface area contributed by atoms with Crippen LogP contribution in [0.1, 0.15) is 43.4 Å². The van der Waals surface area contributed by atoms with Crippen molar-refractivity contribution in [2.75, 3.05) is 13.1 Å². The molecule has 1 aliphatic heterocycles. The Morgan fingerprint density at radius 3 is 2.23 bits per heavy atom. The number of aromatic hydroxyl groups is 1. The summed E-state index contributed by atoms with van der Waals surface area (Å²) < 4.78 is 0. The standard InChI is InChI=1S/C22H29NO3/c1-17(21(25)19-7-9-20(24)10-8-19)23-15-13-22(26,14-16-23)12-11-18-5-3-2-4-6-18/h2-10,17,21,24-26H,11-16H2,1H3/t17-,21+/m0/s1. The quantitative estimate of drug-likeness (QED) is 0.744. The molecule has 1 saturated heterocycles. The molecule has 26 heavy (non-hydrogen) atoms. The van der Waals surface area contributed by atoms with E-state index in [9.17, 15) is 15.3 Å². The Hall–Kier alpha value is -1.88. The Morgan fingerprint density at radius 2 is 1.62 bits per heavy atom. The number of nitrogens with zero attached hydrogens (tertiary/aromatic N) is 1. The predicted molar refractivity (Wildman–Crippen MR) is 103 cm³/mol. The first-order valence-corrected chi connectivity index (χ1v) is 9.44. The van der Waals surface area contributed by atoms with Gasteiger partial charge in [0.25, 0.3) is 0 Å². The number of aryl methyl sites for hydroxylation is 1. The predicted octanol–water partition coefficient (Wildman–Crippen LogP) is 3.27. The number of rotatable bonds is 6. The lowest BCUT2D eigenvalue weighted by molar-refractivity contribution is -0.0504. The van der Waals surface area contributed by atoms with E-state index < -0.39 is 11.7 Å². The first kappa shape index (κ1) is 18.9. The number of phenolic OH excluding ortho intramolecular Hbond substituents is 1. The van der Waals surface area contributed by atoms with Gasteiger partial charge in [0.1, 0.15) is 5.75 Å². The van der Waals surface area contributed by atoms with Crippen LogP contribution in [0.25, 0.3) is 0 Å². The van der Waals surface area contributed by atoms with Gasteiger partial charge in [-0.15, -0.1) is 0 Å². The van der Waals surface area contributed by atoms with Gasteiger partial charge >= 0.3 is 0 Å². The molecule has 0 unspecified atom stereocenters. The van der Waals surface area contributed by atoms with E-state index in [1.807, 2.05) is 25.1 Å². The number of hydrogen-bond acceptors (Lipinski definition) is 4. The molecular weight excluding hydrogens is 326 g/mol. The van der Waals surface area contributed by atoms with Crippen molar-refractivity contribution >= 4 is 0 Å². The number of aliphatic hydroxyl groups is 2.